The molecule has 1 rings (SSSR count). The van der Waals surface area contributed by atoms with Gasteiger partial charge in [-0.05, 0) is 17.7 Å². The molecule has 0 aliphatic rings. The van der Waals surface area contributed by atoms with Gasteiger partial charge in [-0.1, -0.05) is 12.1 Å². The molecule has 0 aliphatic carbocycles. The molecule has 0 saturated heterocycles. The van der Waals surface area contributed by atoms with Crippen LogP contribution >= 0.6 is 0 Å². The third-order valence-corrected chi connectivity index (χ3v) is 1.95. The molecule has 0 radical (unpaired) electrons. The van der Waals surface area contributed by atoms with Crippen molar-refractivity contribution in [2.24, 2.45) is 0 Å². The molecule has 0 aliphatic heterocycles. The summed E-state index contributed by atoms with van der Waals surface area (Å²) >= 11 is 0. The van der Waals surface area contributed by atoms with Crippen LogP contribution in [0.15, 0.2) is 36.4 Å². The lowest BCUT2D eigenvalue weighted by Gasteiger charge is -2.03. The summed E-state index contributed by atoms with van der Waals surface area (Å²) in [6.07, 6.45) is 1.54. The van der Waals surface area contributed by atoms with Crippen molar-refractivity contribution in [3.05, 3.63) is 42.0 Å². The minimum Gasteiger partial charge on any atom is -0.481 e. The third-order valence-electron chi connectivity index (χ3n) is 1.95. The van der Waals surface area contributed by atoms with E-state index in [-0.39, 0.29) is 6.42 Å². The van der Waals surface area contributed by atoms with E-state index in [0.29, 0.717) is 11.3 Å². The fourth-order valence-electron chi connectivity index (χ4n) is 1.21. The standard InChI is InChI=1S/C12H11NO5/c14-10(5-6-11(15)16)13-9-3-1-8(2-4-9)7-12(17)18/h1-6H,7H2,(H,13,14)(H,15,16)(H,17,18)/b6-5+. The number of nitrogens with one attached hydrogen (secondary N) is 1. The Bertz CT molecular complexity index is 490. The zero-order valence-electron chi connectivity index (χ0n) is 9.29. The molecule has 0 aromatic heterocycles. The average molecular weight is 249 g/mol. The Balaban J connectivity index is 2.61. The van der Waals surface area contributed by atoms with Gasteiger partial charge < -0.3 is 15.5 Å². The van der Waals surface area contributed by atoms with Crippen LogP contribution in [0.4, 0.5) is 5.69 Å². The Morgan fingerprint density at radius 3 is 2.17 bits per heavy atom. The van der Waals surface area contributed by atoms with Crippen LogP contribution in [-0.4, -0.2) is 28.1 Å². The van der Waals surface area contributed by atoms with Gasteiger partial charge in [0.25, 0.3) is 0 Å². The van der Waals surface area contributed by atoms with Gasteiger partial charge in [-0.25, -0.2) is 4.79 Å². The molecule has 1 aromatic carbocycles. The number of hydrogen-bond donors (Lipinski definition) is 3. The molecule has 6 heteroatoms. The van der Waals surface area contributed by atoms with E-state index in [2.05, 4.69) is 5.32 Å². The molecule has 0 unspecified atom stereocenters. The second kappa shape index (κ2) is 6.19. The Morgan fingerprint density at radius 2 is 1.67 bits per heavy atom. The Labute approximate surface area is 103 Å². The van der Waals surface area contributed by atoms with Crippen LogP contribution in [0.2, 0.25) is 0 Å². The number of carboxylic acid groups (broad SMARTS) is 2. The second-order valence-corrected chi connectivity index (χ2v) is 3.43. The smallest absolute Gasteiger partial charge is 0.328 e. The first kappa shape index (κ1) is 13.4. The van der Waals surface area contributed by atoms with Crippen LogP contribution in [0.5, 0.6) is 0 Å². The second-order valence-electron chi connectivity index (χ2n) is 3.43. The van der Waals surface area contributed by atoms with E-state index in [1.165, 1.54) is 0 Å². The van der Waals surface area contributed by atoms with Crippen molar-refractivity contribution in [2.75, 3.05) is 5.32 Å². The monoisotopic (exact) mass is 249 g/mol. The summed E-state index contributed by atoms with van der Waals surface area (Å²) in [4.78, 5) is 31.9. The Morgan fingerprint density at radius 1 is 1.06 bits per heavy atom. The predicted molar refractivity (Wildman–Crippen MR) is 63.2 cm³/mol. The summed E-state index contributed by atoms with van der Waals surface area (Å²) in [5.74, 6) is -2.71. The molecule has 94 valence electrons. The molecule has 6 nitrogen and oxygen atoms in total. The molecule has 1 amide bonds. The summed E-state index contributed by atoms with van der Waals surface area (Å²) in [5, 5.41) is 19.3. The van der Waals surface area contributed by atoms with Crippen molar-refractivity contribution in [3.8, 4) is 0 Å². The van der Waals surface area contributed by atoms with Gasteiger partial charge in [-0.2, -0.15) is 0 Å². The van der Waals surface area contributed by atoms with Crippen LogP contribution in [0.25, 0.3) is 0 Å². The summed E-state index contributed by atoms with van der Waals surface area (Å²) in [6, 6.07) is 6.24. The first-order chi connectivity index (χ1) is 8.47. The van der Waals surface area contributed by atoms with Crippen molar-refractivity contribution in [2.45, 2.75) is 6.42 Å². The van der Waals surface area contributed by atoms with E-state index in [0.717, 1.165) is 12.2 Å². The van der Waals surface area contributed by atoms with Gasteiger partial charge in [-0.15, -0.1) is 0 Å². The van der Waals surface area contributed by atoms with Gasteiger partial charge in [0.1, 0.15) is 0 Å². The summed E-state index contributed by atoms with van der Waals surface area (Å²) in [7, 11) is 0. The SMILES string of the molecule is O=C(O)/C=C/C(=O)Nc1ccc(CC(=O)O)cc1. The number of aliphatic carboxylic acids is 2. The van der Waals surface area contributed by atoms with Gasteiger partial charge in [0.2, 0.25) is 5.91 Å². The molecule has 0 atom stereocenters. The maximum atomic E-state index is 11.2. The number of rotatable bonds is 5. The number of hydrogen-bond acceptors (Lipinski definition) is 3. The fraction of sp³-hybridized carbons (Fsp3) is 0.0833. The van der Waals surface area contributed by atoms with Crippen LogP contribution < -0.4 is 5.32 Å². The molecule has 0 fully saturated rings. The Hall–Kier alpha value is -2.63. The molecule has 3 N–H and O–H groups in total. The number of carbonyl (C=O) groups is 3. The highest BCUT2D eigenvalue weighted by Gasteiger charge is 2.02. The van der Waals surface area contributed by atoms with Crippen molar-refractivity contribution >= 4 is 23.5 Å². The van der Waals surface area contributed by atoms with E-state index < -0.39 is 17.8 Å². The Kier molecular flexibility index (Phi) is 4.62. The molecule has 0 bridgehead atoms. The quantitative estimate of drug-likeness (QED) is 0.672. The van der Waals surface area contributed by atoms with Gasteiger partial charge in [-0.3, -0.25) is 9.59 Å². The highest BCUT2D eigenvalue weighted by atomic mass is 16.4. The largest absolute Gasteiger partial charge is 0.481 e. The minimum absolute atomic E-state index is 0.0901. The van der Waals surface area contributed by atoms with Crippen LogP contribution in [0.3, 0.4) is 0 Å². The lowest BCUT2D eigenvalue weighted by atomic mass is 10.1. The van der Waals surface area contributed by atoms with E-state index >= 15 is 0 Å². The summed E-state index contributed by atoms with van der Waals surface area (Å²) in [6.45, 7) is 0. The molecule has 18 heavy (non-hydrogen) atoms. The summed E-state index contributed by atoms with van der Waals surface area (Å²) < 4.78 is 0. The topological polar surface area (TPSA) is 104 Å². The zero-order valence-corrected chi connectivity index (χ0v) is 9.29. The van der Waals surface area contributed by atoms with Gasteiger partial charge in [0, 0.05) is 17.8 Å². The van der Waals surface area contributed by atoms with Crippen LogP contribution in [-0.2, 0) is 20.8 Å². The van der Waals surface area contributed by atoms with Gasteiger partial charge in [0.05, 0.1) is 6.42 Å². The third kappa shape index (κ3) is 4.93. The lowest BCUT2D eigenvalue weighted by molar-refractivity contribution is -0.136. The van der Waals surface area contributed by atoms with Gasteiger partial charge in [0.15, 0.2) is 0 Å². The number of carboxylic acids is 2. The van der Waals surface area contributed by atoms with E-state index in [4.69, 9.17) is 10.2 Å². The maximum Gasteiger partial charge on any atom is 0.328 e. The number of anilines is 1. The van der Waals surface area contributed by atoms with Gasteiger partial charge >= 0.3 is 11.9 Å². The lowest BCUT2D eigenvalue weighted by Crippen LogP contribution is -2.08. The minimum atomic E-state index is -1.21. The van der Waals surface area contributed by atoms with Crippen molar-refractivity contribution in [3.63, 3.8) is 0 Å². The zero-order chi connectivity index (χ0) is 13.5. The first-order valence-corrected chi connectivity index (χ1v) is 5.00. The van der Waals surface area contributed by atoms with Crippen molar-refractivity contribution < 1.29 is 24.6 Å². The normalized spacial score (nSPS) is 10.2. The van der Waals surface area contributed by atoms with E-state index in [1.807, 2.05) is 0 Å². The van der Waals surface area contributed by atoms with Crippen LogP contribution in [0, 0.1) is 0 Å². The fourth-order valence-corrected chi connectivity index (χ4v) is 1.21. The molecule has 0 spiro atoms. The highest BCUT2D eigenvalue weighted by molar-refractivity contribution is 6.02. The molecule has 0 saturated carbocycles. The number of carbonyl (C=O) groups excluding carboxylic acids is 1. The maximum absolute atomic E-state index is 11.2. The highest BCUT2D eigenvalue weighted by Crippen LogP contribution is 2.10. The van der Waals surface area contributed by atoms with E-state index in [9.17, 15) is 14.4 Å². The van der Waals surface area contributed by atoms with Crippen molar-refractivity contribution in [1.29, 1.82) is 0 Å². The number of benzene rings is 1. The summed E-state index contributed by atoms with van der Waals surface area (Å²) in [5.41, 5.74) is 1.07. The average Bonchev–Trinajstić information content (AvgIpc) is 2.28. The predicted octanol–water partition coefficient (Wildman–Crippen LogP) is 0.893. The molecule has 0 heterocycles. The first-order valence-electron chi connectivity index (χ1n) is 5.00. The van der Waals surface area contributed by atoms with E-state index in [1.54, 1.807) is 24.3 Å². The number of amides is 1. The molecular formula is C12H11NO5. The van der Waals surface area contributed by atoms with Crippen molar-refractivity contribution in [1.82, 2.24) is 0 Å². The van der Waals surface area contributed by atoms with Crippen LogP contribution in [0.1, 0.15) is 5.56 Å². The molecular weight excluding hydrogens is 238 g/mol. The molecule has 1 aromatic rings.